The van der Waals surface area contributed by atoms with Gasteiger partial charge in [0.2, 0.25) is 5.91 Å². The first kappa shape index (κ1) is 17.5. The van der Waals surface area contributed by atoms with Gasteiger partial charge in [0.25, 0.3) is 10.0 Å². The lowest BCUT2D eigenvalue weighted by atomic mass is 9.87. The van der Waals surface area contributed by atoms with Gasteiger partial charge in [0.15, 0.2) is 0 Å². The number of primary amides is 1. The quantitative estimate of drug-likeness (QED) is 0.916. The molecule has 0 spiro atoms. The van der Waals surface area contributed by atoms with Crippen LogP contribution in [-0.2, 0) is 14.8 Å². The largest absolute Gasteiger partial charge is 0.369 e. The van der Waals surface area contributed by atoms with Crippen molar-refractivity contribution in [3.8, 4) is 0 Å². The van der Waals surface area contributed by atoms with Crippen LogP contribution in [0.2, 0.25) is 0 Å². The van der Waals surface area contributed by atoms with Gasteiger partial charge in [-0.25, -0.2) is 8.42 Å². The van der Waals surface area contributed by atoms with Gasteiger partial charge in [0.1, 0.15) is 0 Å². The van der Waals surface area contributed by atoms with Gasteiger partial charge in [-0.05, 0) is 62.1 Å². The molecular formula is C19H22N2O3S. The normalized spacial score (nSPS) is 20.2. The highest BCUT2D eigenvalue weighted by Gasteiger charge is 2.39. The lowest BCUT2D eigenvalue weighted by molar-refractivity contribution is -0.119. The molecule has 0 saturated heterocycles. The molecule has 2 aromatic carbocycles. The van der Waals surface area contributed by atoms with Gasteiger partial charge >= 0.3 is 0 Å². The second-order valence-corrected chi connectivity index (χ2v) is 8.46. The van der Waals surface area contributed by atoms with Crippen LogP contribution in [0, 0.1) is 13.8 Å². The summed E-state index contributed by atoms with van der Waals surface area (Å²) < 4.78 is 28.0. The Morgan fingerprint density at radius 2 is 1.80 bits per heavy atom. The van der Waals surface area contributed by atoms with Gasteiger partial charge in [-0.3, -0.25) is 9.10 Å². The molecule has 6 heteroatoms. The Hall–Kier alpha value is -2.34. The summed E-state index contributed by atoms with van der Waals surface area (Å²) in [5.74, 6) is -0.903. The standard InChI is InChI=1S/C19H22N2O3S/c1-12-8-9-15(10-13(12)2)25(23,24)21-14(3)11-17(19(20)22)16-6-4-5-7-18(16)21/h4-10,14,17H,11H2,1-3H3,(H2,20,22)/t14-,17+/m1/s1. The summed E-state index contributed by atoms with van der Waals surface area (Å²) in [5, 5.41) is 0. The van der Waals surface area contributed by atoms with Crippen molar-refractivity contribution in [2.24, 2.45) is 5.73 Å². The number of benzene rings is 2. The van der Waals surface area contributed by atoms with E-state index in [0.717, 1.165) is 11.1 Å². The summed E-state index contributed by atoms with van der Waals surface area (Å²) >= 11 is 0. The fourth-order valence-corrected chi connectivity index (χ4v) is 5.19. The highest BCUT2D eigenvalue weighted by molar-refractivity contribution is 7.92. The number of hydrogen-bond acceptors (Lipinski definition) is 3. The summed E-state index contributed by atoms with van der Waals surface area (Å²) in [6.45, 7) is 5.65. The average Bonchev–Trinajstić information content (AvgIpc) is 2.56. The number of aryl methyl sites for hydroxylation is 2. The van der Waals surface area contributed by atoms with Crippen LogP contribution < -0.4 is 10.0 Å². The monoisotopic (exact) mass is 358 g/mol. The summed E-state index contributed by atoms with van der Waals surface area (Å²) in [4.78, 5) is 12.1. The van der Waals surface area contributed by atoms with E-state index in [1.165, 1.54) is 4.31 Å². The van der Waals surface area contributed by atoms with Gasteiger partial charge in [0, 0.05) is 6.04 Å². The van der Waals surface area contributed by atoms with E-state index in [1.54, 1.807) is 36.4 Å². The first-order chi connectivity index (χ1) is 11.7. The molecule has 0 fully saturated rings. The van der Waals surface area contributed by atoms with E-state index >= 15 is 0 Å². The topological polar surface area (TPSA) is 80.5 Å². The number of carbonyl (C=O) groups is 1. The maximum atomic E-state index is 13.3. The Morgan fingerprint density at radius 1 is 1.12 bits per heavy atom. The number of amides is 1. The van der Waals surface area contributed by atoms with Gasteiger partial charge < -0.3 is 5.73 Å². The molecule has 2 atom stereocenters. The molecule has 132 valence electrons. The first-order valence-electron chi connectivity index (χ1n) is 8.23. The van der Waals surface area contributed by atoms with E-state index in [-0.39, 0.29) is 10.9 Å². The number of para-hydroxylation sites is 1. The zero-order valence-electron chi connectivity index (χ0n) is 14.6. The molecule has 1 aliphatic rings. The molecular weight excluding hydrogens is 336 g/mol. The van der Waals surface area contributed by atoms with E-state index in [4.69, 9.17) is 5.73 Å². The molecule has 0 unspecified atom stereocenters. The van der Waals surface area contributed by atoms with Crippen molar-refractivity contribution in [2.75, 3.05) is 4.31 Å². The van der Waals surface area contributed by atoms with Crippen molar-refractivity contribution in [3.63, 3.8) is 0 Å². The number of nitrogens with zero attached hydrogens (tertiary/aromatic N) is 1. The summed E-state index contributed by atoms with van der Waals surface area (Å²) in [5.41, 5.74) is 8.70. The smallest absolute Gasteiger partial charge is 0.264 e. The number of fused-ring (bicyclic) bond motifs is 1. The number of rotatable bonds is 3. The predicted octanol–water partition coefficient (Wildman–Crippen LogP) is 2.86. The Bertz CT molecular complexity index is 937. The Labute approximate surface area is 148 Å². The Balaban J connectivity index is 2.16. The zero-order valence-corrected chi connectivity index (χ0v) is 15.4. The number of carbonyl (C=O) groups excluding carboxylic acids is 1. The van der Waals surface area contributed by atoms with Crippen molar-refractivity contribution in [1.29, 1.82) is 0 Å². The van der Waals surface area contributed by atoms with Gasteiger partial charge in [-0.1, -0.05) is 24.3 Å². The zero-order chi connectivity index (χ0) is 18.4. The van der Waals surface area contributed by atoms with Crippen LogP contribution in [-0.4, -0.2) is 20.4 Å². The molecule has 3 rings (SSSR count). The van der Waals surface area contributed by atoms with Crippen LogP contribution in [0.3, 0.4) is 0 Å². The Morgan fingerprint density at radius 3 is 2.44 bits per heavy atom. The van der Waals surface area contributed by atoms with Crippen molar-refractivity contribution < 1.29 is 13.2 Å². The number of sulfonamides is 1. The van der Waals surface area contributed by atoms with E-state index in [0.29, 0.717) is 17.7 Å². The molecule has 0 saturated carbocycles. The minimum Gasteiger partial charge on any atom is -0.369 e. The number of hydrogen-bond donors (Lipinski definition) is 1. The molecule has 2 N–H and O–H groups in total. The maximum Gasteiger partial charge on any atom is 0.264 e. The van der Waals surface area contributed by atoms with Crippen LogP contribution in [0.15, 0.2) is 47.4 Å². The van der Waals surface area contributed by atoms with Crippen molar-refractivity contribution in [1.82, 2.24) is 0 Å². The van der Waals surface area contributed by atoms with Gasteiger partial charge in [0.05, 0.1) is 16.5 Å². The number of nitrogens with two attached hydrogens (primary N) is 1. The summed E-state index contributed by atoms with van der Waals surface area (Å²) in [7, 11) is -3.73. The second kappa shape index (κ2) is 6.19. The average molecular weight is 358 g/mol. The van der Waals surface area contributed by atoms with Crippen LogP contribution in [0.5, 0.6) is 0 Å². The SMILES string of the molecule is Cc1ccc(S(=O)(=O)N2c3ccccc3[C@@H](C(N)=O)C[C@H]2C)cc1C. The fourth-order valence-electron chi connectivity index (χ4n) is 3.41. The molecule has 25 heavy (non-hydrogen) atoms. The molecule has 1 aliphatic heterocycles. The van der Waals surface area contributed by atoms with E-state index in [2.05, 4.69) is 0 Å². The van der Waals surface area contributed by atoms with E-state index < -0.39 is 21.8 Å². The van der Waals surface area contributed by atoms with Gasteiger partial charge in [-0.2, -0.15) is 0 Å². The molecule has 2 aromatic rings. The predicted molar refractivity (Wildman–Crippen MR) is 98.0 cm³/mol. The third-order valence-corrected chi connectivity index (χ3v) is 6.83. The molecule has 1 heterocycles. The fraction of sp³-hybridized carbons (Fsp3) is 0.316. The van der Waals surface area contributed by atoms with Crippen LogP contribution in [0.4, 0.5) is 5.69 Å². The highest BCUT2D eigenvalue weighted by Crippen LogP contribution is 2.41. The minimum absolute atomic E-state index is 0.259. The molecule has 0 aromatic heterocycles. The molecule has 1 amide bonds. The van der Waals surface area contributed by atoms with Crippen LogP contribution >= 0.6 is 0 Å². The maximum absolute atomic E-state index is 13.3. The van der Waals surface area contributed by atoms with E-state index in [9.17, 15) is 13.2 Å². The van der Waals surface area contributed by atoms with E-state index in [1.807, 2.05) is 26.8 Å². The summed E-state index contributed by atoms with van der Waals surface area (Å²) in [6.07, 6.45) is 0.371. The lowest BCUT2D eigenvalue weighted by Gasteiger charge is -2.38. The summed E-state index contributed by atoms with van der Waals surface area (Å²) in [6, 6.07) is 11.9. The van der Waals surface area contributed by atoms with Crippen molar-refractivity contribution in [2.45, 2.75) is 44.0 Å². The third-order valence-electron chi connectivity index (χ3n) is 4.91. The number of anilines is 1. The van der Waals surface area contributed by atoms with Crippen LogP contribution in [0.1, 0.15) is 36.0 Å². The van der Waals surface area contributed by atoms with Crippen molar-refractivity contribution >= 4 is 21.6 Å². The molecule has 0 aliphatic carbocycles. The Kier molecular flexibility index (Phi) is 4.33. The minimum atomic E-state index is -3.73. The molecule has 5 nitrogen and oxygen atoms in total. The lowest BCUT2D eigenvalue weighted by Crippen LogP contribution is -2.45. The molecule has 0 radical (unpaired) electrons. The molecule has 0 bridgehead atoms. The van der Waals surface area contributed by atoms with Gasteiger partial charge in [-0.15, -0.1) is 0 Å². The highest BCUT2D eigenvalue weighted by atomic mass is 32.2. The first-order valence-corrected chi connectivity index (χ1v) is 9.67. The third kappa shape index (κ3) is 2.91. The van der Waals surface area contributed by atoms with Crippen LogP contribution in [0.25, 0.3) is 0 Å². The van der Waals surface area contributed by atoms with Crippen molar-refractivity contribution in [3.05, 3.63) is 59.2 Å². The second-order valence-electron chi connectivity index (χ2n) is 6.65.